The van der Waals surface area contributed by atoms with Crippen LogP contribution in [0.15, 0.2) is 89.1 Å². The van der Waals surface area contributed by atoms with E-state index in [1.165, 1.54) is 17.0 Å². The first-order valence-corrected chi connectivity index (χ1v) is 11.2. The van der Waals surface area contributed by atoms with E-state index in [0.29, 0.717) is 29.4 Å². The minimum atomic E-state index is -0.526. The molecule has 2 amide bonds. The zero-order chi connectivity index (χ0) is 24.4. The van der Waals surface area contributed by atoms with Gasteiger partial charge in [0.25, 0.3) is 5.89 Å². The van der Waals surface area contributed by atoms with E-state index >= 15 is 0 Å². The Kier molecular flexibility index (Phi) is 6.01. The van der Waals surface area contributed by atoms with Crippen LogP contribution in [0.2, 0.25) is 0 Å². The molecule has 7 nitrogen and oxygen atoms in total. The highest BCUT2D eigenvalue weighted by Gasteiger charge is 2.36. The number of nitrogens with zero attached hydrogens (tertiary/aromatic N) is 3. The summed E-state index contributed by atoms with van der Waals surface area (Å²) in [4.78, 5) is 19.2. The second kappa shape index (κ2) is 9.42. The predicted molar refractivity (Wildman–Crippen MR) is 130 cm³/mol. The molecule has 0 saturated heterocycles. The fourth-order valence-electron chi connectivity index (χ4n) is 4.16. The molecule has 1 N–H and O–H groups in total. The van der Waals surface area contributed by atoms with E-state index in [0.717, 1.165) is 16.9 Å². The summed E-state index contributed by atoms with van der Waals surface area (Å²) in [6.07, 6.45) is 0. The quantitative estimate of drug-likeness (QED) is 0.375. The van der Waals surface area contributed by atoms with Gasteiger partial charge >= 0.3 is 6.03 Å². The highest BCUT2D eigenvalue weighted by molar-refractivity contribution is 6.01. The SMILES string of the molecule is CCOc1ccc(-c2noc(C3=C(C)N(c4cccc(F)c4)C(=O)NC3c3ccccc3)n2)cc1. The van der Waals surface area contributed by atoms with Gasteiger partial charge in [0.05, 0.1) is 23.9 Å². The van der Waals surface area contributed by atoms with E-state index < -0.39 is 11.9 Å². The number of urea groups is 1. The van der Waals surface area contributed by atoms with Crippen molar-refractivity contribution in [3.8, 4) is 17.1 Å². The van der Waals surface area contributed by atoms with Gasteiger partial charge in [-0.2, -0.15) is 4.98 Å². The molecular weight excluding hydrogens is 447 g/mol. The van der Waals surface area contributed by atoms with Crippen LogP contribution in [0.4, 0.5) is 14.9 Å². The van der Waals surface area contributed by atoms with Crippen LogP contribution in [0.1, 0.15) is 31.3 Å². The number of benzene rings is 3. The first kappa shape index (κ1) is 22.3. The Morgan fingerprint density at radius 2 is 1.83 bits per heavy atom. The van der Waals surface area contributed by atoms with Gasteiger partial charge in [-0.05, 0) is 61.9 Å². The van der Waals surface area contributed by atoms with Crippen molar-refractivity contribution in [2.24, 2.45) is 0 Å². The molecule has 0 aliphatic carbocycles. The number of amides is 2. The van der Waals surface area contributed by atoms with Gasteiger partial charge in [-0.1, -0.05) is 41.6 Å². The number of aromatic nitrogens is 2. The monoisotopic (exact) mass is 470 g/mol. The Morgan fingerprint density at radius 3 is 2.54 bits per heavy atom. The van der Waals surface area contributed by atoms with Crippen molar-refractivity contribution in [2.45, 2.75) is 19.9 Å². The van der Waals surface area contributed by atoms with Crippen LogP contribution in [0.25, 0.3) is 17.0 Å². The molecule has 1 aliphatic rings. The van der Waals surface area contributed by atoms with Gasteiger partial charge in [-0.25, -0.2) is 9.18 Å². The largest absolute Gasteiger partial charge is 0.494 e. The number of carbonyl (C=O) groups is 1. The van der Waals surface area contributed by atoms with E-state index in [1.54, 1.807) is 19.1 Å². The summed E-state index contributed by atoms with van der Waals surface area (Å²) < 4.78 is 25.2. The summed E-state index contributed by atoms with van der Waals surface area (Å²) in [5.41, 5.74) is 3.21. The van der Waals surface area contributed by atoms with Gasteiger partial charge in [0.2, 0.25) is 5.82 Å². The molecule has 2 heterocycles. The number of rotatable bonds is 6. The zero-order valence-electron chi connectivity index (χ0n) is 19.2. The molecule has 0 saturated carbocycles. The first-order chi connectivity index (χ1) is 17.0. The Balaban J connectivity index is 1.60. The van der Waals surface area contributed by atoms with Crippen LogP contribution in [0.3, 0.4) is 0 Å². The Labute approximate surface area is 201 Å². The van der Waals surface area contributed by atoms with Gasteiger partial charge in [0.1, 0.15) is 11.6 Å². The number of hydrogen-bond donors (Lipinski definition) is 1. The van der Waals surface area contributed by atoms with Crippen LogP contribution in [-0.4, -0.2) is 22.8 Å². The van der Waals surface area contributed by atoms with Crippen LogP contribution in [-0.2, 0) is 0 Å². The average molecular weight is 471 g/mol. The lowest BCUT2D eigenvalue weighted by molar-refractivity contribution is 0.244. The molecule has 1 aromatic heterocycles. The number of nitrogens with one attached hydrogen (secondary N) is 1. The van der Waals surface area contributed by atoms with Gasteiger partial charge in [0.15, 0.2) is 0 Å². The maximum atomic E-state index is 14.0. The van der Waals surface area contributed by atoms with Crippen molar-refractivity contribution < 1.29 is 18.4 Å². The van der Waals surface area contributed by atoms with Gasteiger partial charge in [-0.15, -0.1) is 0 Å². The smallest absolute Gasteiger partial charge is 0.327 e. The molecule has 1 aliphatic heterocycles. The summed E-state index contributed by atoms with van der Waals surface area (Å²) in [6, 6.07) is 21.9. The standard InChI is InChI=1S/C27H23FN4O3/c1-3-34-22-14-12-19(13-15-22)25-30-26(35-31-25)23-17(2)32(21-11-7-10-20(28)16-21)27(33)29-24(23)18-8-5-4-6-9-18/h4-16,24H,3H2,1-2H3,(H,29,33). The van der Waals surface area contributed by atoms with Crippen LogP contribution in [0.5, 0.6) is 5.75 Å². The van der Waals surface area contributed by atoms with Gasteiger partial charge in [-0.3, -0.25) is 4.90 Å². The summed E-state index contributed by atoms with van der Waals surface area (Å²) >= 11 is 0. The molecule has 8 heteroatoms. The van der Waals surface area contributed by atoms with Gasteiger partial charge < -0.3 is 14.6 Å². The molecule has 3 aromatic carbocycles. The third-order valence-electron chi connectivity index (χ3n) is 5.76. The molecule has 0 spiro atoms. The number of carbonyl (C=O) groups excluding carboxylic acids is 1. The molecule has 176 valence electrons. The number of allylic oxidation sites excluding steroid dienone is 1. The lowest BCUT2D eigenvalue weighted by Crippen LogP contribution is -2.46. The summed E-state index contributed by atoms with van der Waals surface area (Å²) in [5.74, 6) is 0.986. The molecule has 5 rings (SSSR count). The fourth-order valence-corrected chi connectivity index (χ4v) is 4.16. The molecule has 0 fully saturated rings. The van der Waals surface area contributed by atoms with Crippen molar-refractivity contribution in [3.63, 3.8) is 0 Å². The second-order valence-corrected chi connectivity index (χ2v) is 7.99. The van der Waals surface area contributed by atoms with E-state index in [2.05, 4.69) is 15.5 Å². The summed E-state index contributed by atoms with van der Waals surface area (Å²) in [6.45, 7) is 4.29. The molecule has 4 aromatic rings. The molecule has 35 heavy (non-hydrogen) atoms. The molecule has 0 bridgehead atoms. The minimum Gasteiger partial charge on any atom is -0.494 e. The highest BCUT2D eigenvalue weighted by atomic mass is 19.1. The second-order valence-electron chi connectivity index (χ2n) is 7.99. The Bertz CT molecular complexity index is 1380. The van der Waals surface area contributed by atoms with Gasteiger partial charge in [0, 0.05) is 11.3 Å². The normalized spacial score (nSPS) is 15.8. The van der Waals surface area contributed by atoms with Crippen molar-refractivity contribution >= 4 is 17.3 Å². The summed E-state index contributed by atoms with van der Waals surface area (Å²) in [5, 5.41) is 7.19. The zero-order valence-corrected chi connectivity index (χ0v) is 19.2. The first-order valence-electron chi connectivity index (χ1n) is 11.2. The fraction of sp³-hybridized carbons (Fsp3) is 0.148. The van der Waals surface area contributed by atoms with Crippen LogP contribution >= 0.6 is 0 Å². The van der Waals surface area contributed by atoms with E-state index in [1.807, 2.05) is 61.5 Å². The third-order valence-corrected chi connectivity index (χ3v) is 5.76. The maximum Gasteiger partial charge on any atom is 0.327 e. The number of ether oxygens (including phenoxy) is 1. The number of halogens is 1. The van der Waals surface area contributed by atoms with Crippen LogP contribution in [0, 0.1) is 5.82 Å². The molecular formula is C27H23FN4O3. The molecule has 1 atom stereocenters. The minimum absolute atomic E-state index is 0.265. The van der Waals surface area contributed by atoms with Crippen molar-refractivity contribution in [3.05, 3.63) is 102 Å². The topological polar surface area (TPSA) is 80.5 Å². The highest BCUT2D eigenvalue weighted by Crippen LogP contribution is 2.39. The van der Waals surface area contributed by atoms with E-state index in [-0.39, 0.29) is 11.9 Å². The predicted octanol–water partition coefficient (Wildman–Crippen LogP) is 5.98. The van der Waals surface area contributed by atoms with E-state index in [4.69, 9.17) is 9.26 Å². The number of anilines is 1. The Hall–Kier alpha value is -4.46. The average Bonchev–Trinajstić information content (AvgIpc) is 3.35. The van der Waals surface area contributed by atoms with Crippen molar-refractivity contribution in [1.29, 1.82) is 0 Å². The Morgan fingerprint density at radius 1 is 1.06 bits per heavy atom. The lowest BCUT2D eigenvalue weighted by Gasteiger charge is -2.35. The summed E-state index contributed by atoms with van der Waals surface area (Å²) in [7, 11) is 0. The van der Waals surface area contributed by atoms with E-state index in [9.17, 15) is 9.18 Å². The van der Waals surface area contributed by atoms with Crippen LogP contribution < -0.4 is 15.0 Å². The number of hydrogen-bond acceptors (Lipinski definition) is 5. The van der Waals surface area contributed by atoms with Crippen molar-refractivity contribution in [2.75, 3.05) is 11.5 Å². The van der Waals surface area contributed by atoms with Crippen molar-refractivity contribution in [1.82, 2.24) is 15.5 Å². The maximum absolute atomic E-state index is 14.0. The lowest BCUT2D eigenvalue weighted by atomic mass is 9.94. The third kappa shape index (κ3) is 4.38. The molecule has 0 radical (unpaired) electrons. The molecule has 1 unspecified atom stereocenters.